The molecule has 0 aliphatic carbocycles. The number of carbonyl (C=O) groups is 2. The van der Waals surface area contributed by atoms with E-state index in [1.807, 2.05) is 6.07 Å². The molecule has 2 amide bonds. The minimum atomic E-state index is -1.07. The summed E-state index contributed by atoms with van der Waals surface area (Å²) in [7, 11) is 0. The van der Waals surface area contributed by atoms with Crippen molar-refractivity contribution in [2.24, 2.45) is 11.8 Å². The van der Waals surface area contributed by atoms with Crippen molar-refractivity contribution in [1.29, 1.82) is 5.26 Å². The predicted octanol–water partition coefficient (Wildman–Crippen LogP) is 1.52. The lowest BCUT2D eigenvalue weighted by Crippen LogP contribution is -2.49. The van der Waals surface area contributed by atoms with Gasteiger partial charge in [0.15, 0.2) is 0 Å². The number of hydrogen-bond donors (Lipinski definition) is 1. The number of fused-ring (bicyclic) bond motifs is 6. The lowest BCUT2D eigenvalue weighted by Gasteiger charge is -2.31. The maximum absolute atomic E-state index is 13.3. The van der Waals surface area contributed by atoms with Gasteiger partial charge in [0.25, 0.3) is 0 Å². The summed E-state index contributed by atoms with van der Waals surface area (Å²) in [5, 5.41) is 20.9. The Kier molecular flexibility index (Phi) is 2.98. The molecule has 2 bridgehead atoms. The zero-order valence-corrected chi connectivity index (χ0v) is 14.8. The molecule has 4 heterocycles. The maximum Gasteiger partial charge on any atom is 0.240 e. The van der Waals surface area contributed by atoms with Crippen LogP contribution in [-0.2, 0) is 14.3 Å². The molecule has 7 nitrogen and oxygen atoms in total. The second-order valence-electron chi connectivity index (χ2n) is 7.94. The third kappa shape index (κ3) is 1.79. The quantitative estimate of drug-likeness (QED) is 0.771. The van der Waals surface area contributed by atoms with Crippen LogP contribution in [-0.4, -0.2) is 39.2 Å². The molecule has 0 spiro atoms. The molecule has 1 aromatic carbocycles. The summed E-state index contributed by atoms with van der Waals surface area (Å²) in [5.74, 6) is -2.08. The second-order valence-corrected chi connectivity index (χ2v) is 7.94. The number of aliphatic hydroxyl groups excluding tert-OH is 1. The number of amides is 2. The third-order valence-electron chi connectivity index (χ3n) is 6.42. The highest BCUT2D eigenvalue weighted by atomic mass is 16.6. The van der Waals surface area contributed by atoms with Crippen molar-refractivity contribution < 1.29 is 19.4 Å². The van der Waals surface area contributed by atoms with Crippen molar-refractivity contribution in [2.45, 2.75) is 37.6 Å². The van der Waals surface area contributed by atoms with Gasteiger partial charge in [-0.15, -0.1) is 0 Å². The average molecular weight is 363 g/mol. The molecule has 3 fully saturated rings. The molecule has 1 N–H and O–H groups in total. The highest BCUT2D eigenvalue weighted by molar-refractivity contribution is 6.26. The Bertz CT molecular complexity index is 1080. The average Bonchev–Trinajstić information content (AvgIpc) is 3.15. The van der Waals surface area contributed by atoms with Crippen LogP contribution < -0.4 is 4.90 Å². The standard InChI is InChI=1S/C20H17N3O4/c1-19-7-14(24)20(2,27-19)16-15(19)17(25)23(18(16)26)13-9-22-12(8-21)10-5-3-4-6-11(10)13/h3-6,9,14-16,24H,7H2,1-2H3/t14-,15+,16-,19+,20-/m0/s1. The van der Waals surface area contributed by atoms with Crippen molar-refractivity contribution in [2.75, 3.05) is 4.90 Å². The first-order chi connectivity index (χ1) is 12.8. The van der Waals surface area contributed by atoms with E-state index in [2.05, 4.69) is 4.98 Å². The van der Waals surface area contributed by atoms with Gasteiger partial charge >= 0.3 is 0 Å². The van der Waals surface area contributed by atoms with E-state index < -0.39 is 29.1 Å². The molecule has 0 saturated carbocycles. The molecule has 5 rings (SSSR count). The van der Waals surface area contributed by atoms with Gasteiger partial charge in [-0.1, -0.05) is 24.3 Å². The summed E-state index contributed by atoms with van der Waals surface area (Å²) in [6.45, 7) is 3.49. The van der Waals surface area contributed by atoms with Gasteiger partial charge in [0, 0.05) is 17.2 Å². The number of hydrogen-bond acceptors (Lipinski definition) is 6. The first-order valence-electron chi connectivity index (χ1n) is 8.86. The van der Waals surface area contributed by atoms with Crippen LogP contribution in [0.3, 0.4) is 0 Å². The molecule has 0 radical (unpaired) electrons. The smallest absolute Gasteiger partial charge is 0.240 e. The molecule has 3 saturated heterocycles. The lowest BCUT2D eigenvalue weighted by atomic mass is 9.67. The van der Waals surface area contributed by atoms with E-state index in [9.17, 15) is 20.0 Å². The summed E-state index contributed by atoms with van der Waals surface area (Å²) in [6, 6.07) is 9.13. The van der Waals surface area contributed by atoms with Crippen molar-refractivity contribution in [3.8, 4) is 6.07 Å². The zero-order valence-electron chi connectivity index (χ0n) is 14.8. The van der Waals surface area contributed by atoms with E-state index in [0.717, 1.165) is 0 Å². The molecule has 2 aromatic rings. The largest absolute Gasteiger partial charge is 0.390 e. The Morgan fingerprint density at radius 3 is 2.59 bits per heavy atom. The Hall–Kier alpha value is -2.82. The van der Waals surface area contributed by atoms with Crippen LogP contribution in [0.1, 0.15) is 26.0 Å². The minimum Gasteiger partial charge on any atom is -0.390 e. The maximum atomic E-state index is 13.3. The number of ether oxygens (including phenoxy) is 1. The second kappa shape index (κ2) is 4.91. The van der Waals surface area contributed by atoms with Crippen LogP contribution in [0.25, 0.3) is 10.8 Å². The van der Waals surface area contributed by atoms with Gasteiger partial charge in [0.05, 0.1) is 35.4 Å². The Labute approximate surface area is 155 Å². The molecule has 1 aromatic heterocycles. The molecule has 5 atom stereocenters. The van der Waals surface area contributed by atoms with Crippen molar-refractivity contribution in [3.05, 3.63) is 36.2 Å². The van der Waals surface area contributed by atoms with Crippen molar-refractivity contribution in [3.63, 3.8) is 0 Å². The number of pyridine rings is 1. The van der Waals surface area contributed by atoms with Crippen molar-refractivity contribution >= 4 is 28.3 Å². The molecule has 3 aliphatic rings. The summed E-state index contributed by atoms with van der Waals surface area (Å²) < 4.78 is 6.00. The Morgan fingerprint density at radius 2 is 1.89 bits per heavy atom. The molecule has 27 heavy (non-hydrogen) atoms. The number of carbonyl (C=O) groups excluding carboxylic acids is 2. The number of anilines is 1. The monoisotopic (exact) mass is 363 g/mol. The fraction of sp³-hybridized carbons (Fsp3) is 0.400. The molecular weight excluding hydrogens is 346 g/mol. The Morgan fingerprint density at radius 1 is 1.22 bits per heavy atom. The summed E-state index contributed by atoms with van der Waals surface area (Å²) in [5.41, 5.74) is -1.33. The fourth-order valence-electron chi connectivity index (χ4n) is 5.20. The van der Waals surface area contributed by atoms with Gasteiger partial charge in [0.1, 0.15) is 17.4 Å². The van der Waals surface area contributed by atoms with Gasteiger partial charge in [-0.2, -0.15) is 5.26 Å². The lowest BCUT2D eigenvalue weighted by molar-refractivity contribution is -0.132. The number of benzene rings is 1. The van der Waals surface area contributed by atoms with E-state index in [1.54, 1.807) is 38.1 Å². The van der Waals surface area contributed by atoms with Gasteiger partial charge in [-0.05, 0) is 13.8 Å². The van der Waals surface area contributed by atoms with Gasteiger partial charge in [-0.3, -0.25) is 9.59 Å². The fourth-order valence-corrected chi connectivity index (χ4v) is 5.20. The first kappa shape index (κ1) is 16.4. The van der Waals surface area contributed by atoms with Crippen LogP contribution in [0.5, 0.6) is 0 Å². The number of aromatic nitrogens is 1. The summed E-state index contributed by atoms with van der Waals surface area (Å²) >= 11 is 0. The van der Waals surface area contributed by atoms with Crippen molar-refractivity contribution in [1.82, 2.24) is 4.98 Å². The molecule has 3 aliphatic heterocycles. The van der Waals surface area contributed by atoms with E-state index in [1.165, 1.54) is 11.1 Å². The van der Waals surface area contributed by atoms with Gasteiger partial charge in [0.2, 0.25) is 11.8 Å². The summed E-state index contributed by atoms with van der Waals surface area (Å²) in [6.07, 6.45) is 0.933. The SMILES string of the molecule is C[C@]12O[C@](C)(C[C@@H]1O)[C@H]1C(=O)N(c3cnc(C#N)c4ccccc34)C(=O)[C@H]12. The molecule has 136 valence electrons. The van der Waals surface area contributed by atoms with Crippen LogP contribution in [0.4, 0.5) is 5.69 Å². The predicted molar refractivity (Wildman–Crippen MR) is 94.4 cm³/mol. The summed E-state index contributed by atoms with van der Waals surface area (Å²) in [4.78, 5) is 31.9. The number of aliphatic hydroxyl groups is 1. The molecular formula is C20H17N3O4. The van der Waals surface area contributed by atoms with Crippen LogP contribution in [0.2, 0.25) is 0 Å². The van der Waals surface area contributed by atoms with E-state index >= 15 is 0 Å². The highest BCUT2D eigenvalue weighted by Gasteiger charge is 2.75. The first-order valence-corrected chi connectivity index (χ1v) is 8.86. The zero-order chi connectivity index (χ0) is 19.1. The van der Waals surface area contributed by atoms with E-state index in [4.69, 9.17) is 4.74 Å². The Balaban J connectivity index is 1.69. The third-order valence-corrected chi connectivity index (χ3v) is 6.42. The van der Waals surface area contributed by atoms with Crippen LogP contribution in [0.15, 0.2) is 30.5 Å². The number of imide groups is 1. The van der Waals surface area contributed by atoms with Gasteiger partial charge in [-0.25, -0.2) is 9.88 Å². The molecule has 0 unspecified atom stereocenters. The normalized spacial score (nSPS) is 37.1. The number of nitriles is 1. The molecule has 7 heteroatoms. The topological polar surface area (TPSA) is 104 Å². The number of rotatable bonds is 1. The van der Waals surface area contributed by atoms with Crippen LogP contribution in [0, 0.1) is 23.2 Å². The highest BCUT2D eigenvalue weighted by Crippen LogP contribution is 2.61. The minimum absolute atomic E-state index is 0.242. The van der Waals surface area contributed by atoms with Gasteiger partial charge < -0.3 is 9.84 Å². The van der Waals surface area contributed by atoms with Crippen LogP contribution >= 0.6 is 0 Å². The van der Waals surface area contributed by atoms with E-state index in [-0.39, 0.29) is 17.5 Å². The van der Waals surface area contributed by atoms with E-state index in [0.29, 0.717) is 22.9 Å². The number of nitrogens with zero attached hydrogens (tertiary/aromatic N) is 3.